The van der Waals surface area contributed by atoms with Crippen molar-refractivity contribution >= 4 is 27.5 Å². The van der Waals surface area contributed by atoms with Crippen molar-refractivity contribution in [2.24, 2.45) is 0 Å². The van der Waals surface area contributed by atoms with Gasteiger partial charge in [-0.3, -0.25) is 4.79 Å². The van der Waals surface area contributed by atoms with Crippen molar-refractivity contribution in [1.29, 1.82) is 0 Å². The molecular formula is C9H9NO2S. The molecule has 0 radical (unpaired) electrons. The number of carbonyl (C=O) groups is 1. The van der Waals surface area contributed by atoms with Gasteiger partial charge in [0.25, 0.3) is 0 Å². The fourth-order valence-electron chi connectivity index (χ4n) is 1.47. The lowest BCUT2D eigenvalue weighted by molar-refractivity contribution is -0.136. The van der Waals surface area contributed by atoms with Crippen LogP contribution in [0, 0.1) is 6.92 Å². The van der Waals surface area contributed by atoms with E-state index in [4.69, 9.17) is 5.11 Å². The Morgan fingerprint density at radius 3 is 3.15 bits per heavy atom. The van der Waals surface area contributed by atoms with Gasteiger partial charge in [-0.1, -0.05) is 0 Å². The predicted molar refractivity (Wildman–Crippen MR) is 52.3 cm³/mol. The number of rotatable bonds is 2. The highest BCUT2D eigenvalue weighted by Gasteiger charge is 2.11. The first-order valence-electron chi connectivity index (χ1n) is 3.95. The maximum absolute atomic E-state index is 10.6. The summed E-state index contributed by atoms with van der Waals surface area (Å²) in [7, 11) is 0. The van der Waals surface area contributed by atoms with E-state index in [1.165, 1.54) is 0 Å². The molecule has 4 heteroatoms. The predicted octanol–water partition coefficient (Wildman–Crippen LogP) is 2.16. The van der Waals surface area contributed by atoms with Crippen molar-refractivity contribution in [1.82, 2.24) is 4.98 Å². The summed E-state index contributed by atoms with van der Waals surface area (Å²) in [5.41, 5.74) is 1.87. The van der Waals surface area contributed by atoms with Crippen LogP contribution in [0.15, 0.2) is 11.4 Å². The molecule has 2 aromatic heterocycles. The molecule has 0 amide bonds. The van der Waals surface area contributed by atoms with Crippen LogP contribution in [0.4, 0.5) is 0 Å². The van der Waals surface area contributed by atoms with Crippen molar-refractivity contribution in [3.63, 3.8) is 0 Å². The van der Waals surface area contributed by atoms with Crippen LogP contribution in [0.3, 0.4) is 0 Å². The summed E-state index contributed by atoms with van der Waals surface area (Å²) in [5.74, 6) is -0.782. The average Bonchev–Trinajstić information content (AvgIpc) is 2.55. The molecule has 0 bridgehead atoms. The van der Waals surface area contributed by atoms with Gasteiger partial charge in [-0.05, 0) is 23.9 Å². The van der Waals surface area contributed by atoms with Gasteiger partial charge in [0, 0.05) is 11.1 Å². The highest BCUT2D eigenvalue weighted by atomic mass is 32.1. The molecule has 0 aliphatic rings. The van der Waals surface area contributed by atoms with Gasteiger partial charge in [0.05, 0.1) is 6.42 Å². The third-order valence-electron chi connectivity index (χ3n) is 2.07. The van der Waals surface area contributed by atoms with E-state index in [9.17, 15) is 4.79 Å². The van der Waals surface area contributed by atoms with Gasteiger partial charge in [-0.2, -0.15) is 0 Å². The third-order valence-corrected chi connectivity index (χ3v) is 2.90. The molecule has 2 N–H and O–H groups in total. The highest BCUT2D eigenvalue weighted by Crippen LogP contribution is 2.26. The molecule has 0 aliphatic heterocycles. The summed E-state index contributed by atoms with van der Waals surface area (Å²) in [6, 6.07) is 1.96. The minimum absolute atomic E-state index is 0.0998. The van der Waals surface area contributed by atoms with E-state index in [0.29, 0.717) is 0 Å². The number of aliphatic carboxylic acids is 1. The maximum atomic E-state index is 10.6. The molecule has 0 spiro atoms. The molecule has 0 aliphatic carbocycles. The van der Waals surface area contributed by atoms with Crippen LogP contribution < -0.4 is 0 Å². The number of aromatic nitrogens is 1. The van der Waals surface area contributed by atoms with E-state index in [2.05, 4.69) is 4.98 Å². The van der Waals surface area contributed by atoms with Gasteiger partial charge in [-0.15, -0.1) is 11.3 Å². The molecule has 0 aromatic carbocycles. The molecule has 13 heavy (non-hydrogen) atoms. The molecule has 2 rings (SSSR count). The lowest BCUT2D eigenvalue weighted by Crippen LogP contribution is -2.00. The SMILES string of the molecule is Cc1[nH]c2sccc2c1CC(=O)O. The van der Waals surface area contributed by atoms with E-state index in [1.54, 1.807) is 11.3 Å². The van der Waals surface area contributed by atoms with Crippen molar-refractivity contribution in [2.75, 3.05) is 0 Å². The number of thiophene rings is 1. The van der Waals surface area contributed by atoms with E-state index in [-0.39, 0.29) is 6.42 Å². The first kappa shape index (κ1) is 8.31. The number of fused-ring (bicyclic) bond motifs is 1. The molecule has 0 fully saturated rings. The Bertz CT molecular complexity index is 455. The number of carboxylic acids is 1. The second-order valence-corrected chi connectivity index (χ2v) is 3.88. The zero-order valence-electron chi connectivity index (χ0n) is 7.13. The van der Waals surface area contributed by atoms with Crippen LogP contribution in [0.2, 0.25) is 0 Å². The number of aryl methyl sites for hydroxylation is 1. The molecule has 0 saturated carbocycles. The zero-order valence-corrected chi connectivity index (χ0v) is 7.94. The maximum Gasteiger partial charge on any atom is 0.307 e. The standard InChI is InChI=1S/C9H9NO2S/c1-5-7(4-8(11)12)6-2-3-13-9(6)10-5/h2-3,10H,4H2,1H3,(H,11,12). The zero-order chi connectivity index (χ0) is 9.42. The van der Waals surface area contributed by atoms with Crippen LogP contribution in [-0.2, 0) is 11.2 Å². The molecule has 68 valence electrons. The monoisotopic (exact) mass is 195 g/mol. The van der Waals surface area contributed by atoms with Gasteiger partial charge in [0.15, 0.2) is 0 Å². The first-order chi connectivity index (χ1) is 6.18. The number of carboxylic acid groups (broad SMARTS) is 1. The lowest BCUT2D eigenvalue weighted by Gasteiger charge is -1.94. The third kappa shape index (κ3) is 1.33. The van der Waals surface area contributed by atoms with Crippen molar-refractivity contribution in [2.45, 2.75) is 13.3 Å². The van der Waals surface area contributed by atoms with E-state index in [1.807, 2.05) is 18.4 Å². The van der Waals surface area contributed by atoms with Gasteiger partial charge < -0.3 is 10.1 Å². The van der Waals surface area contributed by atoms with E-state index >= 15 is 0 Å². The summed E-state index contributed by atoms with van der Waals surface area (Å²) in [4.78, 5) is 14.8. The summed E-state index contributed by atoms with van der Waals surface area (Å²) < 4.78 is 0. The first-order valence-corrected chi connectivity index (χ1v) is 4.83. The number of nitrogens with one attached hydrogen (secondary N) is 1. The Morgan fingerprint density at radius 2 is 2.46 bits per heavy atom. The highest BCUT2D eigenvalue weighted by molar-refractivity contribution is 7.16. The Hall–Kier alpha value is -1.29. The fourth-order valence-corrected chi connectivity index (χ4v) is 2.34. The van der Waals surface area contributed by atoms with E-state index in [0.717, 1.165) is 21.5 Å². The number of aromatic amines is 1. The second-order valence-electron chi connectivity index (χ2n) is 2.96. The van der Waals surface area contributed by atoms with Crippen molar-refractivity contribution < 1.29 is 9.90 Å². The largest absolute Gasteiger partial charge is 0.481 e. The smallest absolute Gasteiger partial charge is 0.307 e. The Kier molecular flexibility index (Phi) is 1.84. The quantitative estimate of drug-likeness (QED) is 0.771. The van der Waals surface area contributed by atoms with E-state index < -0.39 is 5.97 Å². The number of hydrogen-bond acceptors (Lipinski definition) is 2. The molecule has 2 aromatic rings. The average molecular weight is 195 g/mol. The molecule has 0 saturated heterocycles. The number of hydrogen-bond donors (Lipinski definition) is 2. The van der Waals surface area contributed by atoms with Crippen LogP contribution in [0.25, 0.3) is 10.2 Å². The molecular weight excluding hydrogens is 186 g/mol. The van der Waals surface area contributed by atoms with Crippen LogP contribution in [0.5, 0.6) is 0 Å². The molecule has 0 atom stereocenters. The minimum atomic E-state index is -0.782. The van der Waals surface area contributed by atoms with Crippen LogP contribution >= 0.6 is 11.3 Å². The van der Waals surface area contributed by atoms with Crippen LogP contribution in [-0.4, -0.2) is 16.1 Å². The normalized spacial score (nSPS) is 10.8. The molecule has 0 unspecified atom stereocenters. The summed E-state index contributed by atoms with van der Waals surface area (Å²) in [6.45, 7) is 1.91. The molecule has 3 nitrogen and oxygen atoms in total. The van der Waals surface area contributed by atoms with Crippen LogP contribution in [0.1, 0.15) is 11.3 Å². The second kappa shape index (κ2) is 2.88. The Morgan fingerprint density at radius 1 is 1.69 bits per heavy atom. The minimum Gasteiger partial charge on any atom is -0.481 e. The molecule has 2 heterocycles. The number of H-pyrrole nitrogens is 1. The summed E-state index contributed by atoms with van der Waals surface area (Å²) >= 11 is 1.60. The Balaban J connectivity index is 2.57. The fraction of sp³-hybridized carbons (Fsp3) is 0.222. The lowest BCUT2D eigenvalue weighted by atomic mass is 10.1. The van der Waals surface area contributed by atoms with Gasteiger partial charge in [-0.25, -0.2) is 0 Å². The van der Waals surface area contributed by atoms with Crippen molar-refractivity contribution in [3.05, 3.63) is 22.7 Å². The summed E-state index contributed by atoms with van der Waals surface area (Å²) in [5, 5.41) is 11.7. The van der Waals surface area contributed by atoms with Gasteiger partial charge >= 0.3 is 5.97 Å². The van der Waals surface area contributed by atoms with Gasteiger partial charge in [0.2, 0.25) is 0 Å². The Labute approximate surface area is 79.0 Å². The van der Waals surface area contributed by atoms with Crippen molar-refractivity contribution in [3.8, 4) is 0 Å². The van der Waals surface area contributed by atoms with Gasteiger partial charge in [0.1, 0.15) is 4.83 Å². The topological polar surface area (TPSA) is 53.1 Å². The summed E-state index contributed by atoms with van der Waals surface area (Å²) in [6.07, 6.45) is 0.0998.